The molecule has 0 spiro atoms. The predicted molar refractivity (Wildman–Crippen MR) is 83.0 cm³/mol. The Morgan fingerprint density at radius 3 is 2.53 bits per heavy atom. The Labute approximate surface area is 121 Å². The first-order valence-corrected chi connectivity index (χ1v) is 7.56. The van der Waals surface area contributed by atoms with Crippen LogP contribution in [0, 0.1) is 0 Å². The third kappa shape index (κ3) is 4.10. The van der Waals surface area contributed by atoms with E-state index in [-0.39, 0.29) is 0 Å². The van der Waals surface area contributed by atoms with E-state index in [1.165, 1.54) is 0 Å². The molecule has 0 aliphatic carbocycles. The number of rotatable bonds is 5. The maximum Gasteiger partial charge on any atom is 0.0639 e. The molecule has 1 aromatic carbocycles. The summed E-state index contributed by atoms with van der Waals surface area (Å²) < 4.78 is 0. The van der Waals surface area contributed by atoms with Gasteiger partial charge in [0.25, 0.3) is 0 Å². The SMILES string of the molecule is CCC(N)CCN1CCN(c2ccccc2Cl)CC1. The summed E-state index contributed by atoms with van der Waals surface area (Å²) in [6.07, 6.45) is 2.17. The molecule has 0 aromatic heterocycles. The van der Waals surface area contributed by atoms with Gasteiger partial charge in [0.2, 0.25) is 0 Å². The average Bonchev–Trinajstić information content (AvgIpc) is 2.46. The van der Waals surface area contributed by atoms with Gasteiger partial charge in [-0.15, -0.1) is 0 Å². The van der Waals surface area contributed by atoms with Gasteiger partial charge in [0.1, 0.15) is 0 Å². The summed E-state index contributed by atoms with van der Waals surface area (Å²) in [5, 5.41) is 0.851. The standard InChI is InChI=1S/C15H24ClN3/c1-2-13(17)7-8-18-9-11-19(12-10-18)15-6-4-3-5-14(15)16/h3-6,13H,2,7-12,17H2,1H3. The van der Waals surface area contributed by atoms with E-state index in [9.17, 15) is 0 Å². The maximum absolute atomic E-state index is 6.24. The Bertz CT molecular complexity index is 389. The lowest BCUT2D eigenvalue weighted by Crippen LogP contribution is -2.47. The van der Waals surface area contributed by atoms with Gasteiger partial charge in [0, 0.05) is 32.2 Å². The molecule has 1 unspecified atom stereocenters. The second kappa shape index (κ2) is 7.13. The zero-order valence-electron chi connectivity index (χ0n) is 11.7. The van der Waals surface area contributed by atoms with E-state index in [2.05, 4.69) is 22.8 Å². The van der Waals surface area contributed by atoms with Crippen LogP contribution in [0.2, 0.25) is 5.02 Å². The van der Waals surface area contributed by atoms with E-state index in [0.29, 0.717) is 6.04 Å². The molecule has 1 aromatic rings. The fourth-order valence-corrected chi connectivity index (χ4v) is 2.73. The van der Waals surface area contributed by atoms with Gasteiger partial charge < -0.3 is 10.6 Å². The van der Waals surface area contributed by atoms with Crippen molar-refractivity contribution in [2.75, 3.05) is 37.6 Å². The third-order valence-electron chi connectivity index (χ3n) is 3.91. The van der Waals surface area contributed by atoms with E-state index >= 15 is 0 Å². The predicted octanol–water partition coefficient (Wildman–Crippen LogP) is 2.59. The molecule has 0 saturated carbocycles. The molecular weight excluding hydrogens is 258 g/mol. The van der Waals surface area contributed by atoms with Crippen LogP contribution in [0.4, 0.5) is 5.69 Å². The molecule has 1 atom stereocenters. The van der Waals surface area contributed by atoms with Crippen LogP contribution in [0.25, 0.3) is 0 Å². The number of hydrogen-bond acceptors (Lipinski definition) is 3. The van der Waals surface area contributed by atoms with Crippen molar-refractivity contribution in [2.24, 2.45) is 5.73 Å². The Balaban J connectivity index is 1.81. The Kier molecular flexibility index (Phi) is 5.49. The number of nitrogens with two attached hydrogens (primary N) is 1. The Morgan fingerprint density at radius 1 is 1.21 bits per heavy atom. The zero-order valence-corrected chi connectivity index (χ0v) is 12.4. The van der Waals surface area contributed by atoms with Gasteiger partial charge in [-0.3, -0.25) is 4.90 Å². The molecule has 1 fully saturated rings. The van der Waals surface area contributed by atoms with Gasteiger partial charge >= 0.3 is 0 Å². The van der Waals surface area contributed by atoms with Crippen LogP contribution in [0.1, 0.15) is 19.8 Å². The normalized spacial score (nSPS) is 18.6. The van der Waals surface area contributed by atoms with Crippen LogP contribution in [0.5, 0.6) is 0 Å². The number of halogens is 1. The largest absolute Gasteiger partial charge is 0.368 e. The van der Waals surface area contributed by atoms with Crippen LogP contribution in [0.3, 0.4) is 0 Å². The van der Waals surface area contributed by atoms with Gasteiger partial charge in [0.15, 0.2) is 0 Å². The molecule has 106 valence electrons. The summed E-state index contributed by atoms with van der Waals surface area (Å²) in [6.45, 7) is 7.56. The van der Waals surface area contributed by atoms with Gasteiger partial charge in [-0.25, -0.2) is 0 Å². The van der Waals surface area contributed by atoms with Crippen molar-refractivity contribution in [1.29, 1.82) is 0 Å². The molecule has 1 aliphatic heterocycles. The van der Waals surface area contributed by atoms with Gasteiger partial charge in [-0.05, 0) is 31.5 Å². The second-order valence-electron chi connectivity index (χ2n) is 5.24. The minimum Gasteiger partial charge on any atom is -0.368 e. The van der Waals surface area contributed by atoms with E-state index in [4.69, 9.17) is 17.3 Å². The summed E-state index contributed by atoms with van der Waals surface area (Å²) in [5.74, 6) is 0. The first-order valence-electron chi connectivity index (χ1n) is 7.18. The molecule has 2 rings (SSSR count). The number of hydrogen-bond donors (Lipinski definition) is 1. The first kappa shape index (κ1) is 14.6. The Morgan fingerprint density at radius 2 is 1.89 bits per heavy atom. The van der Waals surface area contributed by atoms with Crippen LogP contribution < -0.4 is 10.6 Å². The molecule has 0 amide bonds. The summed E-state index contributed by atoms with van der Waals surface area (Å²) in [5.41, 5.74) is 7.14. The molecule has 3 nitrogen and oxygen atoms in total. The fourth-order valence-electron chi connectivity index (χ4n) is 2.47. The summed E-state index contributed by atoms with van der Waals surface area (Å²) in [4.78, 5) is 4.88. The van der Waals surface area contributed by atoms with Crippen molar-refractivity contribution in [1.82, 2.24) is 4.90 Å². The summed E-state index contributed by atoms with van der Waals surface area (Å²) in [6, 6.07) is 8.44. The van der Waals surface area contributed by atoms with E-state index < -0.39 is 0 Å². The van der Waals surface area contributed by atoms with Gasteiger partial charge in [-0.1, -0.05) is 30.7 Å². The lowest BCUT2D eigenvalue weighted by molar-refractivity contribution is 0.247. The minimum absolute atomic E-state index is 0.349. The summed E-state index contributed by atoms with van der Waals surface area (Å²) >= 11 is 6.24. The first-order chi connectivity index (χ1) is 9.20. The van der Waals surface area contributed by atoms with Gasteiger partial charge in [-0.2, -0.15) is 0 Å². The van der Waals surface area contributed by atoms with E-state index in [0.717, 1.165) is 56.3 Å². The molecule has 0 radical (unpaired) electrons. The van der Waals surface area contributed by atoms with E-state index in [1.54, 1.807) is 0 Å². The van der Waals surface area contributed by atoms with Crippen molar-refractivity contribution in [3.8, 4) is 0 Å². The van der Waals surface area contributed by atoms with Crippen LogP contribution >= 0.6 is 11.6 Å². The molecule has 2 N–H and O–H groups in total. The second-order valence-corrected chi connectivity index (χ2v) is 5.64. The number of anilines is 1. The fraction of sp³-hybridized carbons (Fsp3) is 0.600. The van der Waals surface area contributed by atoms with Gasteiger partial charge in [0.05, 0.1) is 10.7 Å². The molecule has 4 heteroatoms. The van der Waals surface area contributed by atoms with Crippen LogP contribution in [-0.4, -0.2) is 43.7 Å². The van der Waals surface area contributed by atoms with Crippen LogP contribution in [-0.2, 0) is 0 Å². The monoisotopic (exact) mass is 281 g/mol. The lowest BCUT2D eigenvalue weighted by atomic mass is 10.1. The minimum atomic E-state index is 0.349. The van der Waals surface area contributed by atoms with Crippen molar-refractivity contribution in [3.05, 3.63) is 29.3 Å². The Hall–Kier alpha value is -0.770. The topological polar surface area (TPSA) is 32.5 Å². The number of benzene rings is 1. The molecule has 1 aliphatic rings. The smallest absolute Gasteiger partial charge is 0.0639 e. The highest BCUT2D eigenvalue weighted by Crippen LogP contribution is 2.25. The highest BCUT2D eigenvalue weighted by molar-refractivity contribution is 6.33. The quantitative estimate of drug-likeness (QED) is 0.900. The number of nitrogens with zero attached hydrogens (tertiary/aromatic N) is 2. The maximum atomic E-state index is 6.24. The molecule has 1 saturated heterocycles. The van der Waals surface area contributed by atoms with Crippen LogP contribution in [0.15, 0.2) is 24.3 Å². The highest BCUT2D eigenvalue weighted by Gasteiger charge is 2.18. The average molecular weight is 282 g/mol. The highest BCUT2D eigenvalue weighted by atomic mass is 35.5. The van der Waals surface area contributed by atoms with Crippen molar-refractivity contribution in [3.63, 3.8) is 0 Å². The molecule has 19 heavy (non-hydrogen) atoms. The lowest BCUT2D eigenvalue weighted by Gasteiger charge is -2.36. The van der Waals surface area contributed by atoms with E-state index in [1.807, 2.05) is 18.2 Å². The van der Waals surface area contributed by atoms with Crippen molar-refractivity contribution >= 4 is 17.3 Å². The number of piperazine rings is 1. The van der Waals surface area contributed by atoms with Crippen molar-refractivity contribution < 1.29 is 0 Å². The molecule has 0 bridgehead atoms. The molecular formula is C15H24ClN3. The summed E-state index contributed by atoms with van der Waals surface area (Å²) in [7, 11) is 0. The van der Waals surface area contributed by atoms with Crippen molar-refractivity contribution in [2.45, 2.75) is 25.8 Å². The molecule has 1 heterocycles. The number of para-hydroxylation sites is 1. The zero-order chi connectivity index (χ0) is 13.7. The third-order valence-corrected chi connectivity index (χ3v) is 4.23.